The highest BCUT2D eigenvalue weighted by Crippen LogP contribution is 2.33. The van der Waals surface area contributed by atoms with Crippen molar-refractivity contribution in [3.05, 3.63) is 5.69 Å². The number of anilines is 2. The van der Waals surface area contributed by atoms with E-state index in [1.54, 1.807) is 18.5 Å². The first-order valence-electron chi connectivity index (χ1n) is 7.12. The van der Waals surface area contributed by atoms with Crippen molar-refractivity contribution in [2.45, 2.75) is 12.1 Å². The van der Waals surface area contributed by atoms with Crippen LogP contribution in [-0.4, -0.2) is 53.0 Å². The molecule has 0 aliphatic carbocycles. The monoisotopic (exact) mass is 353 g/mol. The van der Waals surface area contributed by atoms with Gasteiger partial charge in [0.2, 0.25) is 0 Å². The molecule has 0 aliphatic heterocycles. The topological polar surface area (TPSA) is 121 Å². The number of esters is 2. The van der Waals surface area contributed by atoms with Crippen molar-refractivity contribution >= 4 is 46.2 Å². The first-order chi connectivity index (χ1) is 11.4. The molecule has 2 heterocycles. The minimum atomic E-state index is -0.574. The molecule has 3 N–H and O–H groups in total. The Labute approximate surface area is 142 Å². The largest absolute Gasteiger partial charge is 0.465 e. The SMILES string of the molecule is CCOC(=O)CNc1nc(SC)nc2c1c(N)c(C(=O)OC)n2C. The number of aryl methyl sites for hydroxylation is 1. The van der Waals surface area contributed by atoms with Crippen LogP contribution in [0.4, 0.5) is 11.5 Å². The summed E-state index contributed by atoms with van der Waals surface area (Å²) >= 11 is 1.33. The van der Waals surface area contributed by atoms with Crippen molar-refractivity contribution in [3.63, 3.8) is 0 Å². The van der Waals surface area contributed by atoms with Crippen LogP contribution in [-0.2, 0) is 21.3 Å². The first kappa shape index (κ1) is 17.9. The fourth-order valence-corrected chi connectivity index (χ4v) is 2.62. The number of fused-ring (bicyclic) bond motifs is 1. The zero-order valence-electron chi connectivity index (χ0n) is 13.9. The Morgan fingerprint density at radius 3 is 2.67 bits per heavy atom. The van der Waals surface area contributed by atoms with Crippen LogP contribution in [0.2, 0.25) is 0 Å². The molecule has 0 saturated heterocycles. The molecule has 2 aromatic heterocycles. The van der Waals surface area contributed by atoms with Crippen molar-refractivity contribution in [2.75, 3.05) is 37.6 Å². The summed E-state index contributed by atoms with van der Waals surface area (Å²) in [5, 5.41) is 3.84. The molecule has 0 aliphatic rings. The minimum Gasteiger partial charge on any atom is -0.465 e. The maximum absolute atomic E-state index is 12.0. The summed E-state index contributed by atoms with van der Waals surface area (Å²) in [5.41, 5.74) is 6.95. The summed E-state index contributed by atoms with van der Waals surface area (Å²) in [5.74, 6) is -0.631. The lowest BCUT2D eigenvalue weighted by Gasteiger charge is -2.08. The molecule has 0 radical (unpaired) electrons. The molecule has 2 aromatic rings. The van der Waals surface area contributed by atoms with E-state index in [4.69, 9.17) is 15.2 Å². The highest BCUT2D eigenvalue weighted by molar-refractivity contribution is 7.98. The molecule has 0 amide bonds. The average molecular weight is 353 g/mol. The third-order valence-electron chi connectivity index (χ3n) is 3.31. The van der Waals surface area contributed by atoms with Crippen LogP contribution in [0.25, 0.3) is 11.0 Å². The van der Waals surface area contributed by atoms with Crippen LogP contribution >= 0.6 is 11.8 Å². The van der Waals surface area contributed by atoms with E-state index in [9.17, 15) is 9.59 Å². The van der Waals surface area contributed by atoms with Crippen LogP contribution in [0.3, 0.4) is 0 Å². The van der Waals surface area contributed by atoms with E-state index in [-0.39, 0.29) is 24.5 Å². The number of nitrogens with zero attached hydrogens (tertiary/aromatic N) is 3. The third-order valence-corrected chi connectivity index (χ3v) is 3.86. The molecule has 0 saturated carbocycles. The van der Waals surface area contributed by atoms with Gasteiger partial charge in [0.25, 0.3) is 0 Å². The molecule has 0 fully saturated rings. The first-order valence-corrected chi connectivity index (χ1v) is 8.34. The second-order valence-electron chi connectivity index (χ2n) is 4.73. The summed E-state index contributed by atoms with van der Waals surface area (Å²) in [4.78, 5) is 32.3. The Morgan fingerprint density at radius 2 is 2.08 bits per heavy atom. The van der Waals surface area contributed by atoms with Gasteiger partial charge in [0.1, 0.15) is 18.0 Å². The van der Waals surface area contributed by atoms with E-state index in [1.807, 2.05) is 6.26 Å². The van der Waals surface area contributed by atoms with Crippen LogP contribution in [0.5, 0.6) is 0 Å². The molecule has 2 rings (SSSR count). The maximum atomic E-state index is 12.0. The molecule has 24 heavy (non-hydrogen) atoms. The Bertz CT molecular complexity index is 789. The number of nitrogen functional groups attached to an aromatic ring is 1. The lowest BCUT2D eigenvalue weighted by molar-refractivity contribution is -0.140. The van der Waals surface area contributed by atoms with Crippen LogP contribution in [0.15, 0.2) is 5.16 Å². The summed E-state index contributed by atoms with van der Waals surface area (Å²) < 4.78 is 11.2. The zero-order chi connectivity index (χ0) is 17.9. The molecule has 0 spiro atoms. The number of methoxy groups -OCH3 is 1. The number of carbonyl (C=O) groups is 2. The quantitative estimate of drug-likeness (QED) is 0.445. The Hall–Kier alpha value is -2.49. The van der Waals surface area contributed by atoms with E-state index in [0.29, 0.717) is 22.0 Å². The van der Waals surface area contributed by atoms with Gasteiger partial charge in [0, 0.05) is 7.05 Å². The summed E-state index contributed by atoms with van der Waals surface area (Å²) in [6.07, 6.45) is 1.82. The Morgan fingerprint density at radius 1 is 1.38 bits per heavy atom. The molecule has 0 atom stereocenters. The van der Waals surface area contributed by atoms with Crippen molar-refractivity contribution in [1.29, 1.82) is 0 Å². The molecule has 0 unspecified atom stereocenters. The second kappa shape index (κ2) is 7.39. The van der Waals surface area contributed by atoms with Crippen molar-refractivity contribution in [2.24, 2.45) is 7.05 Å². The number of hydrogen-bond donors (Lipinski definition) is 2. The van der Waals surface area contributed by atoms with E-state index >= 15 is 0 Å². The Balaban J connectivity index is 2.56. The molecule has 130 valence electrons. The molecule has 9 nitrogen and oxygen atoms in total. The fourth-order valence-electron chi connectivity index (χ4n) is 2.26. The lowest BCUT2D eigenvalue weighted by atomic mass is 10.3. The van der Waals surface area contributed by atoms with Crippen LogP contribution in [0.1, 0.15) is 17.4 Å². The standard InChI is InChI=1S/C14H19N5O4S/c1-5-23-7(20)6-16-11-8-9(15)10(13(21)22-3)19(2)12(8)18-14(17-11)24-4/h5-6,15H2,1-4H3,(H,16,17,18). The Kier molecular flexibility index (Phi) is 5.50. The number of nitrogens with two attached hydrogens (primary N) is 1. The number of hydrogen-bond acceptors (Lipinski definition) is 9. The van der Waals surface area contributed by atoms with Gasteiger partial charge in [0.05, 0.1) is 24.8 Å². The van der Waals surface area contributed by atoms with E-state index in [1.165, 1.54) is 18.9 Å². The number of nitrogens with one attached hydrogen (secondary N) is 1. The van der Waals surface area contributed by atoms with Crippen molar-refractivity contribution in [1.82, 2.24) is 14.5 Å². The van der Waals surface area contributed by atoms with Crippen LogP contribution in [0, 0.1) is 0 Å². The smallest absolute Gasteiger partial charge is 0.356 e. The van der Waals surface area contributed by atoms with E-state index < -0.39 is 11.9 Å². The third kappa shape index (κ3) is 3.23. The van der Waals surface area contributed by atoms with E-state index in [2.05, 4.69) is 15.3 Å². The molecule has 0 aromatic carbocycles. The van der Waals surface area contributed by atoms with Gasteiger partial charge in [-0.3, -0.25) is 4.79 Å². The number of aromatic nitrogens is 3. The molecule has 10 heteroatoms. The highest BCUT2D eigenvalue weighted by atomic mass is 32.2. The predicted octanol–water partition coefficient (Wildman–Crippen LogP) is 1.03. The molecular formula is C14H19N5O4S. The van der Waals surface area contributed by atoms with Gasteiger partial charge >= 0.3 is 11.9 Å². The molecular weight excluding hydrogens is 334 g/mol. The van der Waals surface area contributed by atoms with Gasteiger partial charge in [-0.1, -0.05) is 11.8 Å². The summed E-state index contributed by atoms with van der Waals surface area (Å²) in [6, 6.07) is 0. The number of thioether (sulfide) groups is 1. The number of ether oxygens (including phenoxy) is 2. The summed E-state index contributed by atoms with van der Waals surface area (Å²) in [7, 11) is 2.94. The average Bonchev–Trinajstić information content (AvgIpc) is 2.83. The van der Waals surface area contributed by atoms with E-state index in [0.717, 1.165) is 0 Å². The minimum absolute atomic E-state index is 0.0737. The predicted molar refractivity (Wildman–Crippen MR) is 91.2 cm³/mol. The number of carbonyl (C=O) groups excluding carboxylic acids is 2. The molecule has 0 bridgehead atoms. The zero-order valence-corrected chi connectivity index (χ0v) is 14.7. The number of rotatable bonds is 6. The maximum Gasteiger partial charge on any atom is 0.356 e. The lowest BCUT2D eigenvalue weighted by Crippen LogP contribution is -2.17. The summed E-state index contributed by atoms with van der Waals surface area (Å²) in [6.45, 7) is 1.94. The normalized spacial score (nSPS) is 10.7. The van der Waals surface area contributed by atoms with Gasteiger partial charge < -0.3 is 25.1 Å². The fraction of sp³-hybridized carbons (Fsp3) is 0.429. The van der Waals surface area contributed by atoms with Gasteiger partial charge in [0.15, 0.2) is 10.9 Å². The van der Waals surface area contributed by atoms with Crippen molar-refractivity contribution < 1.29 is 19.1 Å². The van der Waals surface area contributed by atoms with Crippen LogP contribution < -0.4 is 11.1 Å². The van der Waals surface area contributed by atoms with Gasteiger partial charge in [-0.2, -0.15) is 0 Å². The van der Waals surface area contributed by atoms with Gasteiger partial charge in [-0.15, -0.1) is 0 Å². The second-order valence-corrected chi connectivity index (χ2v) is 5.50. The van der Waals surface area contributed by atoms with Crippen molar-refractivity contribution in [3.8, 4) is 0 Å². The highest BCUT2D eigenvalue weighted by Gasteiger charge is 2.24. The van der Waals surface area contributed by atoms with Gasteiger partial charge in [-0.25, -0.2) is 14.8 Å². The van der Waals surface area contributed by atoms with Gasteiger partial charge in [-0.05, 0) is 13.2 Å².